The van der Waals surface area contributed by atoms with E-state index in [1.54, 1.807) is 30.8 Å². The van der Waals surface area contributed by atoms with Crippen LogP contribution >= 0.6 is 11.8 Å². The van der Waals surface area contributed by atoms with E-state index in [0.29, 0.717) is 28.5 Å². The highest BCUT2D eigenvalue weighted by Crippen LogP contribution is 2.37. The summed E-state index contributed by atoms with van der Waals surface area (Å²) in [5.41, 5.74) is 1.69. The molecule has 0 aliphatic carbocycles. The second kappa shape index (κ2) is 8.88. The first-order valence-corrected chi connectivity index (χ1v) is 10.3. The van der Waals surface area contributed by atoms with Crippen molar-refractivity contribution in [2.45, 2.75) is 19.4 Å². The standard InChI is InChI=1S/C20H21N3O4S/c1-3-27-20(24)16(11-12-28-2)22-19-13-7-4-5-8-14(13)21-15-9-6-10-17(18(15)19)23(25)26/h4-10,16H,3,11-12H2,1-2H3,(H,21,22). The summed E-state index contributed by atoms with van der Waals surface area (Å²) >= 11 is 1.62. The molecule has 3 aromatic rings. The SMILES string of the molecule is CCOC(=O)C(CCSC)Nc1c2ccccc2nc2cccc([N+](=O)[O-])c12. The van der Waals surface area contributed by atoms with E-state index in [1.807, 2.05) is 30.5 Å². The number of nitrogens with one attached hydrogen (secondary N) is 1. The van der Waals surface area contributed by atoms with E-state index in [1.165, 1.54) is 6.07 Å². The van der Waals surface area contributed by atoms with Crippen molar-refractivity contribution in [1.82, 2.24) is 4.98 Å². The largest absolute Gasteiger partial charge is 0.464 e. The molecule has 0 fully saturated rings. The monoisotopic (exact) mass is 399 g/mol. The van der Waals surface area contributed by atoms with Crippen molar-refractivity contribution < 1.29 is 14.5 Å². The highest BCUT2D eigenvalue weighted by Gasteiger charge is 2.25. The summed E-state index contributed by atoms with van der Waals surface area (Å²) in [7, 11) is 0. The summed E-state index contributed by atoms with van der Waals surface area (Å²) in [6.07, 6.45) is 2.50. The number of benzene rings is 2. The van der Waals surface area contributed by atoms with Gasteiger partial charge in [0, 0.05) is 11.5 Å². The van der Waals surface area contributed by atoms with Crippen LogP contribution in [0.4, 0.5) is 11.4 Å². The molecule has 3 rings (SSSR count). The van der Waals surface area contributed by atoms with Gasteiger partial charge in [-0.05, 0) is 37.5 Å². The van der Waals surface area contributed by atoms with Crippen LogP contribution < -0.4 is 5.32 Å². The molecule has 0 spiro atoms. The van der Waals surface area contributed by atoms with Crippen LogP contribution in [0.5, 0.6) is 0 Å². The summed E-state index contributed by atoms with van der Waals surface area (Å²) < 4.78 is 5.21. The van der Waals surface area contributed by atoms with Crippen LogP contribution in [0.2, 0.25) is 0 Å². The van der Waals surface area contributed by atoms with Crippen LogP contribution in [0.25, 0.3) is 21.8 Å². The number of anilines is 1. The average Bonchev–Trinajstić information content (AvgIpc) is 2.69. The number of fused-ring (bicyclic) bond motifs is 2. The Morgan fingerprint density at radius 1 is 1.25 bits per heavy atom. The predicted octanol–water partition coefficient (Wildman–Crippen LogP) is 4.39. The number of nitrogens with zero attached hydrogens (tertiary/aromatic N) is 2. The molecule has 8 heteroatoms. The van der Waals surface area contributed by atoms with E-state index in [0.717, 1.165) is 11.1 Å². The molecule has 0 radical (unpaired) electrons. The molecule has 1 heterocycles. The van der Waals surface area contributed by atoms with Gasteiger partial charge in [0.25, 0.3) is 5.69 Å². The number of hydrogen-bond acceptors (Lipinski definition) is 7. The number of pyridine rings is 1. The van der Waals surface area contributed by atoms with E-state index in [-0.39, 0.29) is 18.3 Å². The number of carbonyl (C=O) groups is 1. The Hall–Kier alpha value is -2.87. The molecule has 0 aliphatic rings. The van der Waals surface area contributed by atoms with Gasteiger partial charge in [-0.1, -0.05) is 24.3 Å². The molecule has 28 heavy (non-hydrogen) atoms. The summed E-state index contributed by atoms with van der Waals surface area (Å²) in [6.45, 7) is 2.03. The number of carbonyl (C=O) groups excluding carboxylic acids is 1. The first kappa shape index (κ1) is 19.9. The average molecular weight is 399 g/mol. The third-order valence-corrected chi connectivity index (χ3v) is 5.03. The lowest BCUT2D eigenvalue weighted by Gasteiger charge is -2.20. The fourth-order valence-electron chi connectivity index (χ4n) is 3.13. The third-order valence-electron chi connectivity index (χ3n) is 4.38. The Morgan fingerprint density at radius 2 is 2.00 bits per heavy atom. The summed E-state index contributed by atoms with van der Waals surface area (Å²) in [5, 5.41) is 16.0. The fourth-order valence-corrected chi connectivity index (χ4v) is 3.60. The lowest BCUT2D eigenvalue weighted by Crippen LogP contribution is -2.32. The van der Waals surface area contributed by atoms with E-state index >= 15 is 0 Å². The first-order valence-electron chi connectivity index (χ1n) is 8.94. The van der Waals surface area contributed by atoms with E-state index < -0.39 is 11.0 Å². The first-order chi connectivity index (χ1) is 13.6. The lowest BCUT2D eigenvalue weighted by molar-refractivity contribution is -0.383. The second-order valence-electron chi connectivity index (χ2n) is 6.16. The molecule has 1 aromatic heterocycles. The number of ether oxygens (including phenoxy) is 1. The Kier molecular flexibility index (Phi) is 6.30. The molecule has 146 valence electrons. The van der Waals surface area contributed by atoms with Gasteiger partial charge in [0.15, 0.2) is 0 Å². The van der Waals surface area contributed by atoms with Crippen LogP contribution in [-0.2, 0) is 9.53 Å². The molecule has 2 aromatic carbocycles. The fraction of sp³-hybridized carbons (Fsp3) is 0.300. The minimum Gasteiger partial charge on any atom is -0.464 e. The van der Waals surface area contributed by atoms with Crippen molar-refractivity contribution >= 4 is 50.9 Å². The van der Waals surface area contributed by atoms with Gasteiger partial charge >= 0.3 is 5.97 Å². The molecular formula is C20H21N3O4S. The van der Waals surface area contributed by atoms with Gasteiger partial charge in [-0.2, -0.15) is 11.8 Å². The molecular weight excluding hydrogens is 378 g/mol. The van der Waals surface area contributed by atoms with Gasteiger partial charge in [0.2, 0.25) is 0 Å². The normalized spacial score (nSPS) is 12.1. The maximum absolute atomic E-state index is 12.5. The number of thioether (sulfide) groups is 1. The van der Waals surface area contributed by atoms with Crippen molar-refractivity contribution in [3.05, 3.63) is 52.6 Å². The number of aromatic nitrogens is 1. The Labute approximate surface area is 166 Å². The van der Waals surface area contributed by atoms with Crippen LogP contribution in [0.15, 0.2) is 42.5 Å². The number of para-hydroxylation sites is 1. The zero-order chi connectivity index (χ0) is 20.1. The second-order valence-corrected chi connectivity index (χ2v) is 7.15. The molecule has 0 bridgehead atoms. The maximum atomic E-state index is 12.5. The lowest BCUT2D eigenvalue weighted by atomic mass is 10.0. The highest BCUT2D eigenvalue weighted by atomic mass is 32.2. The molecule has 1 unspecified atom stereocenters. The van der Waals surface area contributed by atoms with E-state index in [4.69, 9.17) is 4.74 Å². The van der Waals surface area contributed by atoms with Crippen molar-refractivity contribution in [2.24, 2.45) is 0 Å². The van der Waals surface area contributed by atoms with Crippen LogP contribution in [-0.4, -0.2) is 40.5 Å². The molecule has 1 N–H and O–H groups in total. The van der Waals surface area contributed by atoms with Crippen LogP contribution in [0.1, 0.15) is 13.3 Å². The van der Waals surface area contributed by atoms with Crippen molar-refractivity contribution in [3.63, 3.8) is 0 Å². The topological polar surface area (TPSA) is 94.4 Å². The number of nitro benzene ring substituents is 1. The predicted molar refractivity (Wildman–Crippen MR) is 113 cm³/mol. The minimum atomic E-state index is -0.610. The maximum Gasteiger partial charge on any atom is 0.328 e. The molecule has 7 nitrogen and oxygen atoms in total. The van der Waals surface area contributed by atoms with Gasteiger partial charge in [-0.3, -0.25) is 10.1 Å². The number of hydrogen-bond donors (Lipinski definition) is 1. The van der Waals surface area contributed by atoms with E-state index in [9.17, 15) is 14.9 Å². The number of nitro groups is 1. The van der Waals surface area contributed by atoms with Crippen LogP contribution in [0.3, 0.4) is 0 Å². The molecule has 0 aliphatic heterocycles. The van der Waals surface area contributed by atoms with Crippen molar-refractivity contribution in [2.75, 3.05) is 23.9 Å². The molecule has 1 atom stereocenters. The minimum absolute atomic E-state index is 0.0503. The quantitative estimate of drug-likeness (QED) is 0.260. The van der Waals surface area contributed by atoms with Gasteiger partial charge in [0.1, 0.15) is 11.4 Å². The van der Waals surface area contributed by atoms with Gasteiger partial charge in [-0.15, -0.1) is 0 Å². The number of non-ortho nitro benzene ring substituents is 1. The molecule has 0 saturated heterocycles. The zero-order valence-corrected chi connectivity index (χ0v) is 16.5. The van der Waals surface area contributed by atoms with Gasteiger partial charge in [0.05, 0.1) is 28.3 Å². The molecule has 0 saturated carbocycles. The van der Waals surface area contributed by atoms with Gasteiger partial charge in [-0.25, -0.2) is 9.78 Å². The van der Waals surface area contributed by atoms with Crippen molar-refractivity contribution in [1.29, 1.82) is 0 Å². The zero-order valence-electron chi connectivity index (χ0n) is 15.7. The summed E-state index contributed by atoms with van der Waals surface area (Å²) in [6, 6.07) is 11.6. The Bertz CT molecular complexity index is 1020. The smallest absolute Gasteiger partial charge is 0.328 e. The van der Waals surface area contributed by atoms with E-state index in [2.05, 4.69) is 10.3 Å². The Balaban J connectivity index is 2.22. The van der Waals surface area contributed by atoms with Gasteiger partial charge < -0.3 is 10.1 Å². The Morgan fingerprint density at radius 3 is 2.71 bits per heavy atom. The number of rotatable bonds is 8. The third kappa shape index (κ3) is 4.01. The van der Waals surface area contributed by atoms with Crippen LogP contribution in [0, 0.1) is 10.1 Å². The van der Waals surface area contributed by atoms with Crippen molar-refractivity contribution in [3.8, 4) is 0 Å². The highest BCUT2D eigenvalue weighted by molar-refractivity contribution is 7.98. The molecule has 0 amide bonds. The summed E-state index contributed by atoms with van der Waals surface area (Å²) in [5.74, 6) is 0.378. The number of esters is 1. The summed E-state index contributed by atoms with van der Waals surface area (Å²) in [4.78, 5) is 28.3.